The highest BCUT2D eigenvalue weighted by Crippen LogP contribution is 2.47. The number of likely N-dealkylation sites (tertiary alicyclic amines) is 1. The summed E-state index contributed by atoms with van der Waals surface area (Å²) < 4.78 is 5.15. The summed E-state index contributed by atoms with van der Waals surface area (Å²) in [4.78, 5) is 28.8. The highest BCUT2D eigenvalue weighted by molar-refractivity contribution is 5.92. The van der Waals surface area contributed by atoms with E-state index in [-0.39, 0.29) is 11.8 Å². The van der Waals surface area contributed by atoms with Gasteiger partial charge in [-0.1, -0.05) is 38.1 Å². The van der Waals surface area contributed by atoms with Crippen molar-refractivity contribution >= 4 is 11.8 Å². The number of carbonyl (C=O) groups is 2. The van der Waals surface area contributed by atoms with Gasteiger partial charge in [-0.2, -0.15) is 0 Å². The Labute approximate surface area is 186 Å². The van der Waals surface area contributed by atoms with Gasteiger partial charge in [0, 0.05) is 26.6 Å². The number of ether oxygens (including phenoxy) is 1. The Morgan fingerprint density at radius 1 is 1.19 bits per heavy atom. The van der Waals surface area contributed by atoms with Crippen LogP contribution in [0.3, 0.4) is 0 Å². The molecule has 1 saturated carbocycles. The summed E-state index contributed by atoms with van der Waals surface area (Å²) in [5.74, 6) is 2.19. The lowest BCUT2D eigenvalue weighted by molar-refractivity contribution is -0.149. The number of amides is 2. The number of rotatable bonds is 7. The fourth-order valence-corrected chi connectivity index (χ4v) is 6.42. The van der Waals surface area contributed by atoms with Gasteiger partial charge in [0.1, 0.15) is 5.54 Å². The van der Waals surface area contributed by atoms with Crippen molar-refractivity contribution in [3.05, 3.63) is 35.4 Å². The molecule has 1 heterocycles. The van der Waals surface area contributed by atoms with E-state index in [2.05, 4.69) is 43.4 Å². The van der Waals surface area contributed by atoms with Crippen molar-refractivity contribution < 1.29 is 14.3 Å². The average Bonchev–Trinajstić information content (AvgIpc) is 3.11. The van der Waals surface area contributed by atoms with Crippen molar-refractivity contribution in [2.45, 2.75) is 64.3 Å². The number of hydrogen-bond donors (Lipinski definition) is 1. The number of carbonyl (C=O) groups excluding carboxylic acids is 2. The van der Waals surface area contributed by atoms with Crippen LogP contribution < -0.4 is 5.32 Å². The minimum atomic E-state index is -0.704. The SMILES string of the molecule is COCCNC(=O)C1(N2C[C@@H](CC(C)C)CC2=O)CCC2Cc3ccccc3CC2C1. The molecular formula is C26H38N2O3. The van der Waals surface area contributed by atoms with E-state index in [1.54, 1.807) is 7.11 Å². The predicted molar refractivity (Wildman–Crippen MR) is 122 cm³/mol. The normalized spacial score (nSPS) is 30.3. The molecule has 1 N–H and O–H groups in total. The molecule has 170 valence electrons. The second kappa shape index (κ2) is 9.32. The van der Waals surface area contributed by atoms with Gasteiger partial charge in [0.2, 0.25) is 11.8 Å². The number of benzene rings is 1. The first-order valence-electron chi connectivity index (χ1n) is 12.1. The lowest BCUT2D eigenvalue weighted by Gasteiger charge is -2.50. The predicted octanol–water partition coefficient (Wildman–Crippen LogP) is 3.60. The van der Waals surface area contributed by atoms with Crippen LogP contribution in [0.4, 0.5) is 0 Å². The maximum atomic E-state index is 13.6. The van der Waals surface area contributed by atoms with E-state index in [1.807, 2.05) is 4.90 Å². The number of nitrogens with zero attached hydrogens (tertiary/aromatic N) is 1. The van der Waals surface area contributed by atoms with Crippen LogP contribution in [0.25, 0.3) is 0 Å². The van der Waals surface area contributed by atoms with Gasteiger partial charge in [-0.25, -0.2) is 0 Å². The molecule has 2 amide bonds. The van der Waals surface area contributed by atoms with Crippen molar-refractivity contribution in [1.29, 1.82) is 0 Å². The monoisotopic (exact) mass is 426 g/mol. The van der Waals surface area contributed by atoms with E-state index in [0.29, 0.717) is 43.2 Å². The standard InChI is InChI=1S/C26H38N2O3/c1-18(2)12-19-13-24(29)28(17-19)26(25(30)27-10-11-31-3)9-8-22-14-20-6-4-5-7-21(20)15-23(22)16-26/h4-7,18-19,22-23H,8-17H2,1-3H3,(H,27,30)/t19-,22?,23?,26?/m0/s1. The number of nitrogens with one attached hydrogen (secondary N) is 1. The smallest absolute Gasteiger partial charge is 0.246 e. The molecule has 1 saturated heterocycles. The molecule has 0 bridgehead atoms. The molecule has 31 heavy (non-hydrogen) atoms. The van der Waals surface area contributed by atoms with Gasteiger partial charge >= 0.3 is 0 Å². The third-order valence-corrected chi connectivity index (χ3v) is 7.82. The molecule has 1 aliphatic heterocycles. The van der Waals surface area contributed by atoms with E-state index in [1.165, 1.54) is 11.1 Å². The number of fused-ring (bicyclic) bond motifs is 2. The zero-order valence-electron chi connectivity index (χ0n) is 19.4. The molecule has 2 fully saturated rings. The molecule has 5 heteroatoms. The fraction of sp³-hybridized carbons (Fsp3) is 0.692. The van der Waals surface area contributed by atoms with Crippen molar-refractivity contribution in [2.75, 3.05) is 26.8 Å². The molecular weight excluding hydrogens is 388 g/mol. The van der Waals surface area contributed by atoms with Crippen LogP contribution in [0.2, 0.25) is 0 Å². The number of hydrogen-bond acceptors (Lipinski definition) is 3. The topological polar surface area (TPSA) is 58.6 Å². The van der Waals surface area contributed by atoms with Crippen LogP contribution in [0.15, 0.2) is 24.3 Å². The van der Waals surface area contributed by atoms with Crippen molar-refractivity contribution in [3.63, 3.8) is 0 Å². The Bertz CT molecular complexity index is 808. The van der Waals surface area contributed by atoms with Crippen molar-refractivity contribution in [1.82, 2.24) is 10.2 Å². The van der Waals surface area contributed by atoms with E-state index in [0.717, 1.165) is 45.1 Å². The highest BCUT2D eigenvalue weighted by Gasteiger charge is 2.54. The summed E-state index contributed by atoms with van der Waals surface area (Å²) in [6.07, 6.45) is 6.32. The van der Waals surface area contributed by atoms with Crippen LogP contribution >= 0.6 is 0 Å². The van der Waals surface area contributed by atoms with E-state index in [9.17, 15) is 9.59 Å². The quantitative estimate of drug-likeness (QED) is 0.678. The van der Waals surface area contributed by atoms with Crippen LogP contribution in [0.1, 0.15) is 57.1 Å². The maximum absolute atomic E-state index is 13.6. The molecule has 3 aliphatic rings. The Kier molecular flexibility index (Phi) is 6.71. The molecule has 5 nitrogen and oxygen atoms in total. The van der Waals surface area contributed by atoms with E-state index in [4.69, 9.17) is 4.74 Å². The zero-order chi connectivity index (χ0) is 22.0. The molecule has 4 atom stereocenters. The van der Waals surface area contributed by atoms with E-state index < -0.39 is 5.54 Å². The van der Waals surface area contributed by atoms with Gasteiger partial charge in [0.25, 0.3) is 0 Å². The molecule has 1 aromatic carbocycles. The zero-order valence-corrected chi connectivity index (χ0v) is 19.4. The van der Waals surface area contributed by atoms with Gasteiger partial charge in [0.05, 0.1) is 6.61 Å². The second-order valence-electron chi connectivity index (χ2n) is 10.4. The summed E-state index contributed by atoms with van der Waals surface area (Å²) in [5, 5.41) is 3.10. The molecule has 3 unspecified atom stereocenters. The molecule has 2 aliphatic carbocycles. The molecule has 4 rings (SSSR count). The third-order valence-electron chi connectivity index (χ3n) is 7.82. The molecule has 0 aromatic heterocycles. The maximum Gasteiger partial charge on any atom is 0.246 e. The third kappa shape index (κ3) is 4.52. The lowest BCUT2D eigenvalue weighted by Crippen LogP contribution is -2.63. The van der Waals surface area contributed by atoms with Gasteiger partial charge in [0.15, 0.2) is 0 Å². The Balaban J connectivity index is 1.58. The largest absolute Gasteiger partial charge is 0.383 e. The van der Waals surface area contributed by atoms with Gasteiger partial charge in [-0.05, 0) is 73.3 Å². The van der Waals surface area contributed by atoms with Gasteiger partial charge in [-0.3, -0.25) is 9.59 Å². The minimum Gasteiger partial charge on any atom is -0.383 e. The minimum absolute atomic E-state index is 0.0282. The Morgan fingerprint density at radius 2 is 1.90 bits per heavy atom. The summed E-state index contributed by atoms with van der Waals surface area (Å²) in [6, 6.07) is 8.74. The van der Waals surface area contributed by atoms with Crippen LogP contribution in [0.5, 0.6) is 0 Å². The van der Waals surface area contributed by atoms with Gasteiger partial charge in [-0.15, -0.1) is 0 Å². The first kappa shape index (κ1) is 22.3. The first-order valence-corrected chi connectivity index (χ1v) is 12.1. The van der Waals surface area contributed by atoms with Gasteiger partial charge < -0.3 is 15.0 Å². The summed E-state index contributed by atoms with van der Waals surface area (Å²) in [6.45, 7) is 6.13. The summed E-state index contributed by atoms with van der Waals surface area (Å²) >= 11 is 0. The summed E-state index contributed by atoms with van der Waals surface area (Å²) in [7, 11) is 1.65. The van der Waals surface area contributed by atoms with Crippen LogP contribution in [-0.4, -0.2) is 49.1 Å². The first-order chi connectivity index (χ1) is 14.9. The lowest BCUT2D eigenvalue weighted by atomic mass is 9.62. The Morgan fingerprint density at radius 3 is 2.58 bits per heavy atom. The van der Waals surface area contributed by atoms with Crippen molar-refractivity contribution in [3.8, 4) is 0 Å². The van der Waals surface area contributed by atoms with Crippen LogP contribution in [-0.2, 0) is 27.2 Å². The molecule has 0 spiro atoms. The number of methoxy groups -OCH3 is 1. The molecule has 0 radical (unpaired) electrons. The average molecular weight is 427 g/mol. The van der Waals surface area contributed by atoms with Crippen molar-refractivity contribution in [2.24, 2.45) is 23.7 Å². The second-order valence-corrected chi connectivity index (χ2v) is 10.4. The highest BCUT2D eigenvalue weighted by atomic mass is 16.5. The summed E-state index contributed by atoms with van der Waals surface area (Å²) in [5.41, 5.74) is 2.18. The molecule has 1 aromatic rings. The Hall–Kier alpha value is -1.88. The van der Waals surface area contributed by atoms with Crippen LogP contribution in [0, 0.1) is 23.7 Å². The fourth-order valence-electron chi connectivity index (χ4n) is 6.42. The van der Waals surface area contributed by atoms with E-state index >= 15 is 0 Å².